The van der Waals surface area contributed by atoms with Crippen molar-refractivity contribution < 1.29 is 0 Å². The normalized spacial score (nSPS) is 12.1. The summed E-state index contributed by atoms with van der Waals surface area (Å²) >= 11 is 3.61. The summed E-state index contributed by atoms with van der Waals surface area (Å²) in [5.74, 6) is 0.707. The zero-order valence-electron chi connectivity index (χ0n) is 20.6. The molecule has 0 aliphatic heterocycles. The standard InChI is InChI=1S/C34H19N3S2/c1-2-10-20(11-3-1)30-33-31(24-14-6-9-17-27(24)39-33)36-34(35-30)37-25-15-7-4-12-21(25)22-18-19-28-29(32(22)37)23-13-5-8-16-26(23)38-28/h1-19H. The average molecular weight is 534 g/mol. The third kappa shape index (κ3) is 2.97. The van der Waals surface area contributed by atoms with E-state index in [4.69, 9.17) is 9.97 Å². The quantitative estimate of drug-likeness (QED) is 0.221. The van der Waals surface area contributed by atoms with Crippen LogP contribution in [0.2, 0.25) is 0 Å². The van der Waals surface area contributed by atoms with Gasteiger partial charge in [0.2, 0.25) is 5.95 Å². The van der Waals surface area contributed by atoms with Crippen LogP contribution >= 0.6 is 22.7 Å². The first-order chi connectivity index (χ1) is 19.3. The van der Waals surface area contributed by atoms with Gasteiger partial charge in [-0.25, -0.2) is 9.97 Å². The lowest BCUT2D eigenvalue weighted by molar-refractivity contribution is 1.02. The molecule has 0 atom stereocenters. The number of rotatable bonds is 2. The third-order valence-electron chi connectivity index (χ3n) is 7.63. The Hall–Kier alpha value is -4.58. The molecule has 4 heterocycles. The maximum absolute atomic E-state index is 5.35. The molecule has 0 fully saturated rings. The average Bonchev–Trinajstić information content (AvgIpc) is 3.66. The van der Waals surface area contributed by atoms with E-state index < -0.39 is 0 Å². The Kier molecular flexibility index (Phi) is 4.36. The van der Waals surface area contributed by atoms with Crippen LogP contribution in [0.4, 0.5) is 0 Å². The predicted molar refractivity (Wildman–Crippen MR) is 168 cm³/mol. The number of para-hydroxylation sites is 1. The van der Waals surface area contributed by atoms with Crippen LogP contribution in [0, 0.1) is 0 Å². The highest BCUT2D eigenvalue weighted by Crippen LogP contribution is 2.44. The van der Waals surface area contributed by atoms with E-state index in [2.05, 4.69) is 120 Å². The smallest absolute Gasteiger partial charge is 0.235 e. The summed E-state index contributed by atoms with van der Waals surface area (Å²) in [5.41, 5.74) is 5.37. The zero-order valence-corrected chi connectivity index (χ0v) is 22.3. The minimum atomic E-state index is 0.707. The SMILES string of the molecule is c1ccc(-c2nc(-n3c4ccccc4c4ccc5sc6ccccc6c5c43)nc3c2sc2ccccc23)cc1. The van der Waals surface area contributed by atoms with Crippen molar-refractivity contribution in [1.29, 1.82) is 0 Å². The molecule has 0 spiro atoms. The van der Waals surface area contributed by atoms with Gasteiger partial charge in [-0.05, 0) is 24.3 Å². The molecule has 4 aromatic heterocycles. The Morgan fingerprint density at radius 1 is 0.513 bits per heavy atom. The summed E-state index contributed by atoms with van der Waals surface area (Å²) in [6, 6.07) is 40.9. The summed E-state index contributed by atoms with van der Waals surface area (Å²) in [7, 11) is 0. The highest BCUT2D eigenvalue weighted by molar-refractivity contribution is 7.26. The van der Waals surface area contributed by atoms with E-state index in [0.29, 0.717) is 5.95 Å². The lowest BCUT2D eigenvalue weighted by Gasteiger charge is -2.10. The van der Waals surface area contributed by atoms with Gasteiger partial charge in [0.1, 0.15) is 0 Å². The first-order valence-corrected chi connectivity index (χ1v) is 14.6. The third-order valence-corrected chi connectivity index (χ3v) is 9.93. The largest absolute Gasteiger partial charge is 0.277 e. The van der Waals surface area contributed by atoms with Crippen LogP contribution in [0.25, 0.3) is 79.5 Å². The van der Waals surface area contributed by atoms with Crippen molar-refractivity contribution >= 4 is 85.0 Å². The molecule has 0 N–H and O–H groups in total. The summed E-state index contributed by atoms with van der Waals surface area (Å²) in [5, 5.41) is 6.15. The van der Waals surface area contributed by atoms with E-state index in [9.17, 15) is 0 Å². The minimum Gasteiger partial charge on any atom is -0.277 e. The highest BCUT2D eigenvalue weighted by Gasteiger charge is 2.22. The number of benzene rings is 5. The summed E-state index contributed by atoms with van der Waals surface area (Å²) in [4.78, 5) is 10.7. The Labute approximate surface area is 231 Å². The molecule has 0 saturated carbocycles. The van der Waals surface area contributed by atoms with Gasteiger partial charge in [-0.1, -0.05) is 91.0 Å². The highest BCUT2D eigenvalue weighted by atomic mass is 32.1. The van der Waals surface area contributed by atoms with E-state index in [-0.39, 0.29) is 0 Å². The summed E-state index contributed by atoms with van der Waals surface area (Å²) < 4.78 is 7.22. The van der Waals surface area contributed by atoms with Gasteiger partial charge < -0.3 is 0 Å². The number of nitrogens with zero attached hydrogens (tertiary/aromatic N) is 3. The molecule has 0 bridgehead atoms. The molecule has 9 rings (SSSR count). The minimum absolute atomic E-state index is 0.707. The van der Waals surface area contributed by atoms with Crippen LogP contribution < -0.4 is 0 Å². The molecule has 0 amide bonds. The zero-order chi connectivity index (χ0) is 25.5. The van der Waals surface area contributed by atoms with Crippen molar-refractivity contribution in [2.24, 2.45) is 0 Å². The van der Waals surface area contributed by atoms with Crippen LogP contribution in [0.3, 0.4) is 0 Å². The molecule has 5 aromatic carbocycles. The van der Waals surface area contributed by atoms with Gasteiger partial charge in [-0.2, -0.15) is 0 Å². The van der Waals surface area contributed by atoms with Crippen molar-refractivity contribution in [1.82, 2.24) is 14.5 Å². The maximum Gasteiger partial charge on any atom is 0.235 e. The molecule has 5 heteroatoms. The Morgan fingerprint density at radius 3 is 2.05 bits per heavy atom. The van der Waals surface area contributed by atoms with Crippen molar-refractivity contribution in [3.8, 4) is 17.2 Å². The first kappa shape index (κ1) is 21.4. The van der Waals surface area contributed by atoms with Crippen LogP contribution in [0.5, 0.6) is 0 Å². The topological polar surface area (TPSA) is 30.7 Å². The van der Waals surface area contributed by atoms with Crippen LogP contribution in [-0.2, 0) is 0 Å². The van der Waals surface area contributed by atoms with Crippen molar-refractivity contribution in [2.45, 2.75) is 0 Å². The van der Waals surface area contributed by atoms with Gasteiger partial charge in [0.15, 0.2) is 0 Å². The number of thiophene rings is 2. The predicted octanol–water partition coefficient (Wildman–Crippen LogP) is 9.98. The van der Waals surface area contributed by atoms with Crippen molar-refractivity contribution in [2.75, 3.05) is 0 Å². The van der Waals surface area contributed by atoms with Gasteiger partial charge in [-0.3, -0.25) is 4.57 Å². The molecular weight excluding hydrogens is 515 g/mol. The monoisotopic (exact) mass is 533 g/mol. The molecule has 39 heavy (non-hydrogen) atoms. The van der Waals surface area contributed by atoms with E-state index in [1.807, 2.05) is 11.3 Å². The first-order valence-electron chi connectivity index (χ1n) is 12.9. The lowest BCUT2D eigenvalue weighted by atomic mass is 10.1. The van der Waals surface area contributed by atoms with Gasteiger partial charge >= 0.3 is 0 Å². The van der Waals surface area contributed by atoms with Crippen LogP contribution in [0.1, 0.15) is 0 Å². The molecule has 0 radical (unpaired) electrons. The van der Waals surface area contributed by atoms with E-state index in [1.54, 1.807) is 11.3 Å². The van der Waals surface area contributed by atoms with Crippen molar-refractivity contribution in [3.05, 3.63) is 115 Å². The second-order valence-electron chi connectivity index (χ2n) is 9.80. The molecule has 0 aliphatic rings. The molecular formula is C34H19N3S2. The Morgan fingerprint density at radius 2 is 1.21 bits per heavy atom. The number of hydrogen-bond acceptors (Lipinski definition) is 4. The molecule has 9 aromatic rings. The van der Waals surface area contributed by atoms with E-state index in [0.717, 1.165) is 27.0 Å². The van der Waals surface area contributed by atoms with Gasteiger partial charge in [0.25, 0.3) is 0 Å². The molecule has 0 aliphatic carbocycles. The van der Waals surface area contributed by atoms with Gasteiger partial charge in [0.05, 0.1) is 26.9 Å². The fourth-order valence-corrected chi connectivity index (χ4v) is 8.21. The second-order valence-corrected chi connectivity index (χ2v) is 11.9. The Bertz CT molecular complexity index is 2390. The summed E-state index contributed by atoms with van der Waals surface area (Å²) in [6.07, 6.45) is 0. The van der Waals surface area contributed by atoms with Gasteiger partial charge in [-0.15, -0.1) is 22.7 Å². The number of aromatic nitrogens is 3. The molecule has 0 unspecified atom stereocenters. The van der Waals surface area contributed by atoms with E-state index in [1.165, 1.54) is 46.5 Å². The lowest BCUT2D eigenvalue weighted by Crippen LogP contribution is -2.03. The van der Waals surface area contributed by atoms with Gasteiger partial charge in [0, 0.05) is 46.6 Å². The van der Waals surface area contributed by atoms with Crippen LogP contribution in [-0.4, -0.2) is 14.5 Å². The second kappa shape index (κ2) is 7.96. The maximum atomic E-state index is 5.35. The fourth-order valence-electron chi connectivity index (χ4n) is 5.94. The van der Waals surface area contributed by atoms with Crippen LogP contribution in [0.15, 0.2) is 115 Å². The van der Waals surface area contributed by atoms with Crippen molar-refractivity contribution in [3.63, 3.8) is 0 Å². The summed E-state index contributed by atoms with van der Waals surface area (Å²) in [6.45, 7) is 0. The molecule has 0 saturated heterocycles. The van der Waals surface area contributed by atoms with E-state index >= 15 is 0 Å². The fraction of sp³-hybridized carbons (Fsp3) is 0. The number of hydrogen-bond donors (Lipinski definition) is 0. The number of fused-ring (bicyclic) bond motifs is 10. The molecule has 3 nitrogen and oxygen atoms in total. The molecule has 182 valence electrons. The Balaban J connectivity index is 1.51.